The molecular weight excluding hydrogens is 348 g/mol. The largest absolute Gasteiger partial charge is 0.113 e. The smallest absolute Gasteiger partial charge is 0.0667 e. The Morgan fingerprint density at radius 3 is 2.07 bits per heavy atom. The first-order chi connectivity index (χ1) is 14.4. The Morgan fingerprint density at radius 1 is 0.828 bits per heavy atom. The maximum Gasteiger partial charge on any atom is 0.0667 e. The van der Waals surface area contributed by atoms with Crippen LogP contribution in [0.1, 0.15) is 29.9 Å². The van der Waals surface area contributed by atoms with E-state index in [1.165, 1.54) is 11.1 Å². The Kier molecular flexibility index (Phi) is 6.07. The Morgan fingerprint density at radius 2 is 1.48 bits per heavy atom. The first-order valence-corrected chi connectivity index (χ1v) is 9.98. The van der Waals surface area contributed by atoms with Gasteiger partial charge in [0.15, 0.2) is 0 Å². The maximum absolute atomic E-state index is 3.38. The van der Waals surface area contributed by atoms with Crippen LogP contribution in [0.2, 0.25) is 0 Å². The molecule has 0 bridgehead atoms. The van der Waals surface area contributed by atoms with Crippen LogP contribution < -0.4 is 0 Å². The lowest BCUT2D eigenvalue weighted by Gasteiger charge is -2.18. The molecule has 0 saturated carbocycles. The third-order valence-electron chi connectivity index (χ3n) is 5.01. The van der Waals surface area contributed by atoms with Gasteiger partial charge in [0.25, 0.3) is 0 Å². The number of hydrogen-bond acceptors (Lipinski definition) is 0. The van der Waals surface area contributed by atoms with Gasteiger partial charge in [-0.05, 0) is 54.3 Å². The van der Waals surface area contributed by atoms with E-state index in [4.69, 9.17) is 0 Å². The zero-order valence-corrected chi connectivity index (χ0v) is 16.3. The molecule has 0 amide bonds. The van der Waals surface area contributed by atoms with Crippen molar-refractivity contribution in [1.82, 2.24) is 0 Å². The molecule has 138 valence electrons. The number of hydrogen-bond donors (Lipinski definition) is 0. The van der Waals surface area contributed by atoms with Crippen molar-refractivity contribution in [2.75, 3.05) is 0 Å². The van der Waals surface area contributed by atoms with Crippen LogP contribution in [0.5, 0.6) is 0 Å². The molecular formula is C29H22. The van der Waals surface area contributed by atoms with E-state index in [2.05, 4.69) is 96.1 Å². The van der Waals surface area contributed by atoms with Gasteiger partial charge in [0.1, 0.15) is 0 Å². The van der Waals surface area contributed by atoms with E-state index in [9.17, 15) is 0 Å². The Labute approximate surface area is 173 Å². The van der Waals surface area contributed by atoms with E-state index in [-0.39, 0.29) is 0 Å². The third kappa shape index (κ3) is 5.16. The summed E-state index contributed by atoms with van der Waals surface area (Å²) in [5, 5.41) is 0. The summed E-state index contributed by atoms with van der Waals surface area (Å²) in [6.07, 6.45) is 16.0. The molecule has 0 spiro atoms. The molecule has 2 aliphatic carbocycles. The van der Waals surface area contributed by atoms with E-state index in [1.54, 1.807) is 0 Å². The van der Waals surface area contributed by atoms with Crippen LogP contribution >= 0.6 is 0 Å². The molecule has 2 aliphatic rings. The second-order valence-electron chi connectivity index (χ2n) is 7.04. The van der Waals surface area contributed by atoms with Crippen LogP contribution in [0.3, 0.4) is 0 Å². The van der Waals surface area contributed by atoms with Gasteiger partial charge >= 0.3 is 0 Å². The molecule has 0 unspecified atom stereocenters. The normalized spacial score (nSPS) is 14.2. The molecule has 2 aromatic rings. The summed E-state index contributed by atoms with van der Waals surface area (Å²) in [4.78, 5) is 0. The molecule has 0 aromatic heterocycles. The fraction of sp³-hybridized carbons (Fsp3) is 0.103. The van der Waals surface area contributed by atoms with Crippen LogP contribution in [-0.2, 0) is 0 Å². The van der Waals surface area contributed by atoms with Gasteiger partial charge in [0.2, 0.25) is 0 Å². The molecule has 0 atom stereocenters. The zero-order valence-electron chi connectivity index (χ0n) is 16.3. The summed E-state index contributed by atoms with van der Waals surface area (Å²) in [7, 11) is 0. The van der Waals surface area contributed by atoms with E-state index in [1.807, 2.05) is 30.4 Å². The quantitative estimate of drug-likeness (QED) is 0.386. The summed E-state index contributed by atoms with van der Waals surface area (Å²) in [6.45, 7) is 0. The topological polar surface area (TPSA) is 0 Å². The van der Waals surface area contributed by atoms with Gasteiger partial charge < -0.3 is 0 Å². The van der Waals surface area contributed by atoms with Crippen molar-refractivity contribution < 1.29 is 0 Å². The third-order valence-corrected chi connectivity index (χ3v) is 5.01. The van der Waals surface area contributed by atoms with Crippen LogP contribution in [0.15, 0.2) is 131 Å². The average molecular weight is 370 g/mol. The summed E-state index contributed by atoms with van der Waals surface area (Å²) in [6, 6.07) is 21.5. The highest BCUT2D eigenvalue weighted by atomic mass is 14.2. The van der Waals surface area contributed by atoms with Gasteiger partial charge in [-0.25, -0.2) is 0 Å². The Hall–Kier alpha value is -3.74. The van der Waals surface area contributed by atoms with Gasteiger partial charge in [0.05, 0.1) is 5.57 Å². The van der Waals surface area contributed by atoms with Crippen molar-refractivity contribution in [3.05, 3.63) is 143 Å². The van der Waals surface area contributed by atoms with Crippen molar-refractivity contribution in [1.29, 1.82) is 0 Å². The van der Waals surface area contributed by atoms with Crippen molar-refractivity contribution in [3.8, 4) is 11.8 Å². The minimum atomic E-state index is 0.344. The van der Waals surface area contributed by atoms with Crippen molar-refractivity contribution >= 4 is 0 Å². The number of allylic oxidation sites excluding steroid dienone is 8. The average Bonchev–Trinajstić information content (AvgIpc) is 3.48. The van der Waals surface area contributed by atoms with Gasteiger partial charge in [0, 0.05) is 17.1 Å². The van der Waals surface area contributed by atoms with E-state index in [0.717, 1.165) is 29.6 Å². The summed E-state index contributed by atoms with van der Waals surface area (Å²) < 4.78 is 0. The highest BCUT2D eigenvalue weighted by molar-refractivity contribution is 5.50. The fourth-order valence-corrected chi connectivity index (χ4v) is 3.54. The monoisotopic (exact) mass is 370 g/mol. The summed E-state index contributed by atoms with van der Waals surface area (Å²) in [5.74, 6) is 6.98. The Bertz CT molecular complexity index is 1100. The minimum absolute atomic E-state index is 0.344. The van der Waals surface area contributed by atoms with Crippen molar-refractivity contribution in [2.24, 2.45) is 0 Å². The van der Waals surface area contributed by atoms with Crippen molar-refractivity contribution in [3.63, 3.8) is 0 Å². The SMILES string of the molecule is C1=CC=CC=1C#C/C(=C\C1=C=CC=C1)CCC(c1ccccc1)c1ccccc1. The highest BCUT2D eigenvalue weighted by Gasteiger charge is 2.14. The van der Waals surface area contributed by atoms with Gasteiger partial charge in [-0.2, -0.15) is 0 Å². The van der Waals surface area contributed by atoms with Crippen LogP contribution in [0.4, 0.5) is 0 Å². The molecule has 29 heavy (non-hydrogen) atoms. The maximum atomic E-state index is 3.38. The summed E-state index contributed by atoms with van der Waals surface area (Å²) >= 11 is 0. The molecule has 0 aliphatic heterocycles. The number of benzene rings is 2. The second-order valence-corrected chi connectivity index (χ2v) is 7.04. The molecule has 0 heteroatoms. The lowest BCUT2D eigenvalue weighted by atomic mass is 9.86. The van der Waals surface area contributed by atoms with Crippen LogP contribution in [0.25, 0.3) is 0 Å². The molecule has 2 aromatic carbocycles. The zero-order chi connectivity index (χ0) is 19.7. The van der Waals surface area contributed by atoms with E-state index < -0.39 is 0 Å². The molecule has 0 radical (unpaired) electrons. The predicted octanol–water partition coefficient (Wildman–Crippen LogP) is 6.83. The lowest BCUT2D eigenvalue weighted by molar-refractivity contribution is 0.719. The molecule has 0 nitrogen and oxygen atoms in total. The van der Waals surface area contributed by atoms with Crippen LogP contribution in [0, 0.1) is 11.8 Å². The molecule has 0 N–H and O–H groups in total. The predicted molar refractivity (Wildman–Crippen MR) is 121 cm³/mol. The second kappa shape index (κ2) is 9.45. The van der Waals surface area contributed by atoms with Gasteiger partial charge in [-0.15, -0.1) is 11.5 Å². The minimum Gasteiger partial charge on any atom is -0.113 e. The standard InChI is InChI=1S/C29H22/c1-3-15-27(16-4-1)29(28-17-5-2-6-18-28)22-21-26(23-25-13-9-10-14-25)20-19-24-11-7-8-12-24/h1-11,13,15-18,23,29H,21-22H2/b26-23+. The Balaban J connectivity index is 1.60. The first-order valence-electron chi connectivity index (χ1n) is 9.98. The van der Waals surface area contributed by atoms with Crippen molar-refractivity contribution in [2.45, 2.75) is 18.8 Å². The summed E-state index contributed by atoms with van der Waals surface area (Å²) in [5.41, 5.74) is 12.2. The fourth-order valence-electron chi connectivity index (χ4n) is 3.54. The lowest BCUT2D eigenvalue weighted by Crippen LogP contribution is -2.02. The molecule has 0 saturated heterocycles. The molecule has 0 fully saturated rings. The molecule has 0 heterocycles. The van der Waals surface area contributed by atoms with E-state index in [0.29, 0.717) is 5.92 Å². The first kappa shape index (κ1) is 18.6. The number of rotatable bonds is 6. The van der Waals surface area contributed by atoms with Gasteiger partial charge in [-0.1, -0.05) is 84.7 Å². The molecule has 4 rings (SSSR count). The van der Waals surface area contributed by atoms with E-state index >= 15 is 0 Å². The van der Waals surface area contributed by atoms with Gasteiger partial charge in [-0.3, -0.25) is 0 Å². The highest BCUT2D eigenvalue weighted by Crippen LogP contribution is 2.30. The van der Waals surface area contributed by atoms with Crippen LogP contribution in [-0.4, -0.2) is 0 Å².